The van der Waals surface area contributed by atoms with Gasteiger partial charge in [-0.05, 0) is 63.3 Å². The molecule has 1 saturated heterocycles. The number of para-hydroxylation sites is 1. The van der Waals surface area contributed by atoms with Crippen LogP contribution in [0.3, 0.4) is 0 Å². The van der Waals surface area contributed by atoms with Gasteiger partial charge in [-0.15, -0.1) is 0 Å². The second-order valence-corrected chi connectivity index (χ2v) is 8.52. The van der Waals surface area contributed by atoms with Crippen LogP contribution in [0.2, 0.25) is 0 Å². The van der Waals surface area contributed by atoms with E-state index in [2.05, 4.69) is 5.32 Å². The van der Waals surface area contributed by atoms with Gasteiger partial charge in [-0.3, -0.25) is 5.32 Å². The van der Waals surface area contributed by atoms with Crippen LogP contribution in [0.25, 0.3) is 0 Å². The zero-order chi connectivity index (χ0) is 22.4. The molecule has 1 fully saturated rings. The summed E-state index contributed by atoms with van der Waals surface area (Å²) in [5.41, 5.74) is 1.13. The van der Waals surface area contributed by atoms with Gasteiger partial charge in [0.05, 0.1) is 12.8 Å². The number of carbonyl (C=O) groups excluding carboxylic acids is 2. The molecule has 7 nitrogen and oxygen atoms in total. The Balaban J connectivity index is 1.69. The van der Waals surface area contributed by atoms with Crippen LogP contribution in [0, 0.1) is 0 Å². The van der Waals surface area contributed by atoms with Crippen LogP contribution in [0.1, 0.15) is 45.1 Å². The van der Waals surface area contributed by atoms with E-state index in [4.69, 9.17) is 14.2 Å². The summed E-state index contributed by atoms with van der Waals surface area (Å²) >= 11 is 0. The van der Waals surface area contributed by atoms with Gasteiger partial charge in [-0.2, -0.15) is 0 Å². The first-order valence-electron chi connectivity index (χ1n) is 10.4. The molecule has 0 saturated carbocycles. The van der Waals surface area contributed by atoms with Crippen LogP contribution in [-0.4, -0.2) is 42.9 Å². The summed E-state index contributed by atoms with van der Waals surface area (Å²) in [4.78, 5) is 26.5. The number of ether oxygens (including phenoxy) is 3. The number of benzene rings is 2. The average molecular weight is 427 g/mol. The van der Waals surface area contributed by atoms with Crippen LogP contribution < -0.4 is 14.8 Å². The lowest BCUT2D eigenvalue weighted by Gasteiger charge is -2.34. The molecule has 1 N–H and O–H groups in total. The monoisotopic (exact) mass is 426 g/mol. The highest BCUT2D eigenvalue weighted by Crippen LogP contribution is 2.35. The fourth-order valence-electron chi connectivity index (χ4n) is 3.56. The van der Waals surface area contributed by atoms with E-state index in [0.717, 1.165) is 18.4 Å². The van der Waals surface area contributed by atoms with Gasteiger partial charge in [0.2, 0.25) is 0 Å². The van der Waals surface area contributed by atoms with E-state index in [1.807, 2.05) is 39.0 Å². The molecule has 2 aromatic carbocycles. The maximum atomic E-state index is 12.4. The highest BCUT2D eigenvalue weighted by molar-refractivity contribution is 5.87. The van der Waals surface area contributed by atoms with Crippen molar-refractivity contribution in [1.29, 1.82) is 0 Å². The van der Waals surface area contributed by atoms with E-state index >= 15 is 0 Å². The van der Waals surface area contributed by atoms with Crippen LogP contribution in [0.4, 0.5) is 15.3 Å². The average Bonchev–Trinajstić information content (AvgIpc) is 2.73. The number of nitrogens with zero attached hydrogens (tertiary/aromatic N) is 1. The molecular formula is C24H30N2O5. The van der Waals surface area contributed by atoms with E-state index in [-0.39, 0.29) is 12.0 Å². The third-order valence-corrected chi connectivity index (χ3v) is 5.04. The Morgan fingerprint density at radius 1 is 1.00 bits per heavy atom. The fourth-order valence-corrected chi connectivity index (χ4v) is 3.56. The molecular weight excluding hydrogens is 396 g/mol. The minimum absolute atomic E-state index is 0.191. The minimum Gasteiger partial charge on any atom is -0.497 e. The lowest BCUT2D eigenvalue weighted by atomic mass is 9.88. The van der Waals surface area contributed by atoms with Crippen LogP contribution >= 0.6 is 0 Å². The lowest BCUT2D eigenvalue weighted by Crippen LogP contribution is -2.41. The van der Waals surface area contributed by atoms with Gasteiger partial charge in [0, 0.05) is 19.2 Å². The number of rotatable bonds is 4. The molecule has 0 spiro atoms. The molecule has 0 atom stereocenters. The smallest absolute Gasteiger partial charge is 0.417 e. The van der Waals surface area contributed by atoms with Crippen molar-refractivity contribution < 1.29 is 23.8 Å². The van der Waals surface area contributed by atoms with Crippen molar-refractivity contribution in [2.24, 2.45) is 0 Å². The first kappa shape index (κ1) is 22.5. The zero-order valence-electron chi connectivity index (χ0n) is 18.5. The van der Waals surface area contributed by atoms with Gasteiger partial charge in [0.15, 0.2) is 0 Å². The summed E-state index contributed by atoms with van der Waals surface area (Å²) < 4.78 is 16.2. The van der Waals surface area contributed by atoms with Crippen molar-refractivity contribution in [1.82, 2.24) is 4.90 Å². The Labute approximate surface area is 183 Å². The predicted molar refractivity (Wildman–Crippen MR) is 119 cm³/mol. The molecule has 7 heteroatoms. The molecule has 1 heterocycles. The SMILES string of the molecule is COc1ccc(C2CCN(C(=O)OC(C)(C)C)CC2)c(NC(=O)Oc2ccccc2)c1. The second kappa shape index (κ2) is 9.73. The van der Waals surface area contributed by atoms with Crippen molar-refractivity contribution in [3.63, 3.8) is 0 Å². The Morgan fingerprint density at radius 3 is 2.29 bits per heavy atom. The summed E-state index contributed by atoms with van der Waals surface area (Å²) in [5, 5.41) is 2.85. The zero-order valence-corrected chi connectivity index (χ0v) is 18.5. The molecule has 2 amide bonds. The number of likely N-dealkylation sites (tertiary alicyclic amines) is 1. The number of carbonyl (C=O) groups is 2. The molecule has 31 heavy (non-hydrogen) atoms. The van der Waals surface area contributed by atoms with E-state index in [9.17, 15) is 9.59 Å². The largest absolute Gasteiger partial charge is 0.497 e. The highest BCUT2D eigenvalue weighted by atomic mass is 16.6. The maximum Gasteiger partial charge on any atom is 0.417 e. The summed E-state index contributed by atoms with van der Waals surface area (Å²) in [7, 11) is 1.58. The molecule has 0 radical (unpaired) electrons. The number of methoxy groups -OCH3 is 1. The molecule has 0 bridgehead atoms. The van der Waals surface area contributed by atoms with Crippen molar-refractivity contribution in [3.8, 4) is 11.5 Å². The molecule has 0 unspecified atom stereocenters. The molecule has 2 aromatic rings. The first-order chi connectivity index (χ1) is 14.7. The summed E-state index contributed by atoms with van der Waals surface area (Å²) in [6.45, 7) is 6.78. The number of anilines is 1. The molecule has 0 aliphatic carbocycles. The Kier molecular flexibility index (Phi) is 7.05. The van der Waals surface area contributed by atoms with Gasteiger partial charge >= 0.3 is 12.2 Å². The quantitative estimate of drug-likeness (QED) is 0.706. The first-order valence-corrected chi connectivity index (χ1v) is 10.4. The van der Waals surface area contributed by atoms with Gasteiger partial charge in [0.1, 0.15) is 17.1 Å². The molecule has 3 rings (SSSR count). The van der Waals surface area contributed by atoms with E-state index < -0.39 is 11.7 Å². The lowest BCUT2D eigenvalue weighted by molar-refractivity contribution is 0.0205. The summed E-state index contributed by atoms with van der Waals surface area (Å²) in [5.74, 6) is 1.30. The number of piperidine rings is 1. The molecule has 166 valence electrons. The Morgan fingerprint density at radius 2 is 1.68 bits per heavy atom. The third-order valence-electron chi connectivity index (χ3n) is 5.04. The Hall–Kier alpha value is -3.22. The predicted octanol–water partition coefficient (Wildman–Crippen LogP) is 5.42. The van der Waals surface area contributed by atoms with Crippen molar-refractivity contribution in [2.75, 3.05) is 25.5 Å². The van der Waals surface area contributed by atoms with Crippen molar-refractivity contribution in [3.05, 3.63) is 54.1 Å². The molecule has 1 aliphatic heterocycles. The maximum absolute atomic E-state index is 12.4. The third kappa shape index (κ3) is 6.38. The molecule has 1 aliphatic rings. The standard InChI is InChI=1S/C24H30N2O5/c1-24(2,3)31-23(28)26-14-12-17(13-15-26)20-11-10-19(29-4)16-21(20)25-22(27)30-18-8-6-5-7-9-18/h5-11,16-17H,12-15H2,1-4H3,(H,25,27). The number of nitrogens with one attached hydrogen (secondary N) is 1. The normalized spacial score (nSPS) is 14.6. The second-order valence-electron chi connectivity index (χ2n) is 8.52. The van der Waals surface area contributed by atoms with Gasteiger partial charge in [-0.25, -0.2) is 9.59 Å². The van der Waals surface area contributed by atoms with Gasteiger partial charge < -0.3 is 19.1 Å². The highest BCUT2D eigenvalue weighted by Gasteiger charge is 2.29. The van der Waals surface area contributed by atoms with Crippen LogP contribution in [-0.2, 0) is 4.74 Å². The molecule has 0 aromatic heterocycles. The fraction of sp³-hybridized carbons (Fsp3) is 0.417. The van der Waals surface area contributed by atoms with Gasteiger partial charge in [0.25, 0.3) is 0 Å². The number of hydrogen-bond acceptors (Lipinski definition) is 5. The summed E-state index contributed by atoms with van der Waals surface area (Å²) in [6, 6.07) is 14.5. The van der Waals surface area contributed by atoms with Gasteiger partial charge in [-0.1, -0.05) is 24.3 Å². The topological polar surface area (TPSA) is 77.1 Å². The number of hydrogen-bond donors (Lipinski definition) is 1. The summed E-state index contributed by atoms with van der Waals surface area (Å²) in [6.07, 6.45) is 0.694. The van der Waals surface area contributed by atoms with E-state index in [1.165, 1.54) is 0 Å². The Bertz CT molecular complexity index is 900. The van der Waals surface area contributed by atoms with Crippen LogP contribution in [0.15, 0.2) is 48.5 Å². The van der Waals surface area contributed by atoms with E-state index in [1.54, 1.807) is 42.3 Å². The number of amides is 2. The van der Waals surface area contributed by atoms with Crippen molar-refractivity contribution in [2.45, 2.75) is 45.1 Å². The van der Waals surface area contributed by atoms with Crippen molar-refractivity contribution >= 4 is 17.9 Å². The van der Waals surface area contributed by atoms with Crippen LogP contribution in [0.5, 0.6) is 11.5 Å². The van der Waals surface area contributed by atoms with E-state index in [0.29, 0.717) is 30.3 Å². The minimum atomic E-state index is -0.563.